The van der Waals surface area contributed by atoms with E-state index in [0.29, 0.717) is 13.2 Å². The second kappa shape index (κ2) is 7.69. The molecule has 0 radical (unpaired) electrons. The largest absolute Gasteiger partial charge is 0.490 e. The summed E-state index contributed by atoms with van der Waals surface area (Å²) in [6.45, 7) is 3.43. The fourth-order valence-electron chi connectivity index (χ4n) is 3.02. The van der Waals surface area contributed by atoms with Crippen LogP contribution in [0.1, 0.15) is 32.6 Å². The predicted octanol–water partition coefficient (Wildman–Crippen LogP) is 2.65. The van der Waals surface area contributed by atoms with Crippen molar-refractivity contribution < 1.29 is 19.1 Å². The van der Waals surface area contributed by atoms with E-state index in [1.165, 1.54) is 0 Å². The van der Waals surface area contributed by atoms with Gasteiger partial charge in [0.15, 0.2) is 0 Å². The van der Waals surface area contributed by atoms with E-state index in [2.05, 4.69) is 0 Å². The van der Waals surface area contributed by atoms with Gasteiger partial charge < -0.3 is 14.4 Å². The fraction of sp³-hybridized carbons (Fsp3) is 0.579. The minimum atomic E-state index is -0.313. The molecule has 1 aliphatic heterocycles. The first-order valence-corrected chi connectivity index (χ1v) is 8.80. The van der Waals surface area contributed by atoms with Crippen LogP contribution in [-0.4, -0.2) is 42.6 Å². The smallest absolute Gasteiger partial charge is 0.311 e. The van der Waals surface area contributed by atoms with Gasteiger partial charge in [0.25, 0.3) is 0 Å². The number of carbonyl (C=O) groups excluding carboxylic acids is 2. The molecule has 1 saturated heterocycles. The SMILES string of the molecule is C[C@@H](COc1ccccc1)OC(=O)[C@@H]1CCCN(C(=O)C2CC2)C1. The van der Waals surface area contributed by atoms with Gasteiger partial charge >= 0.3 is 5.97 Å². The topological polar surface area (TPSA) is 55.8 Å². The molecule has 0 bridgehead atoms. The zero-order valence-electron chi connectivity index (χ0n) is 14.1. The molecule has 1 aromatic rings. The van der Waals surface area contributed by atoms with Gasteiger partial charge in [0.2, 0.25) is 5.91 Å². The summed E-state index contributed by atoms with van der Waals surface area (Å²) in [5.74, 6) is 0.762. The molecule has 0 spiro atoms. The molecule has 130 valence electrons. The Morgan fingerprint density at radius 2 is 1.92 bits per heavy atom. The average molecular weight is 331 g/mol. The highest BCUT2D eigenvalue weighted by Crippen LogP contribution is 2.32. The molecule has 2 aliphatic rings. The molecular weight excluding hydrogens is 306 g/mol. The number of piperidine rings is 1. The highest BCUT2D eigenvalue weighted by molar-refractivity contribution is 5.82. The van der Waals surface area contributed by atoms with Crippen molar-refractivity contribution in [2.24, 2.45) is 11.8 Å². The number of esters is 1. The number of benzene rings is 1. The number of nitrogens with zero attached hydrogens (tertiary/aromatic N) is 1. The van der Waals surface area contributed by atoms with Gasteiger partial charge in [0, 0.05) is 19.0 Å². The number of amides is 1. The summed E-state index contributed by atoms with van der Waals surface area (Å²) in [6, 6.07) is 9.47. The number of rotatable bonds is 6. The Balaban J connectivity index is 1.44. The van der Waals surface area contributed by atoms with Crippen LogP contribution in [-0.2, 0) is 14.3 Å². The van der Waals surface area contributed by atoms with Crippen molar-refractivity contribution in [3.8, 4) is 5.75 Å². The number of para-hydroxylation sites is 1. The summed E-state index contributed by atoms with van der Waals surface area (Å²) in [4.78, 5) is 26.4. The Hall–Kier alpha value is -2.04. The van der Waals surface area contributed by atoms with Crippen molar-refractivity contribution >= 4 is 11.9 Å². The van der Waals surface area contributed by atoms with E-state index in [4.69, 9.17) is 9.47 Å². The zero-order chi connectivity index (χ0) is 16.9. The lowest BCUT2D eigenvalue weighted by atomic mass is 9.98. The zero-order valence-corrected chi connectivity index (χ0v) is 14.1. The maximum atomic E-state index is 12.4. The van der Waals surface area contributed by atoms with Gasteiger partial charge in [-0.1, -0.05) is 18.2 Å². The maximum Gasteiger partial charge on any atom is 0.311 e. The second-order valence-corrected chi connectivity index (χ2v) is 6.77. The first kappa shape index (κ1) is 16.8. The van der Waals surface area contributed by atoms with Crippen LogP contribution in [0.5, 0.6) is 5.75 Å². The summed E-state index contributed by atoms with van der Waals surface area (Å²) in [7, 11) is 0. The molecule has 2 fully saturated rings. The van der Waals surface area contributed by atoms with Crippen LogP contribution in [0.3, 0.4) is 0 Å². The quantitative estimate of drug-likeness (QED) is 0.752. The van der Waals surface area contributed by atoms with E-state index in [-0.39, 0.29) is 29.8 Å². The molecule has 0 unspecified atom stereocenters. The lowest BCUT2D eigenvalue weighted by Gasteiger charge is -2.32. The molecule has 2 atom stereocenters. The first-order chi connectivity index (χ1) is 11.6. The van der Waals surface area contributed by atoms with Gasteiger partial charge in [-0.2, -0.15) is 0 Å². The molecule has 3 rings (SSSR count). The van der Waals surface area contributed by atoms with Gasteiger partial charge in [-0.25, -0.2) is 0 Å². The molecule has 5 heteroatoms. The molecule has 24 heavy (non-hydrogen) atoms. The van der Waals surface area contributed by atoms with Gasteiger partial charge in [-0.3, -0.25) is 9.59 Å². The molecule has 1 heterocycles. The van der Waals surface area contributed by atoms with E-state index in [9.17, 15) is 9.59 Å². The summed E-state index contributed by atoms with van der Waals surface area (Å²) >= 11 is 0. The molecule has 5 nitrogen and oxygen atoms in total. The van der Waals surface area contributed by atoms with Gasteiger partial charge in [-0.15, -0.1) is 0 Å². The lowest BCUT2D eigenvalue weighted by molar-refractivity contribution is -0.157. The monoisotopic (exact) mass is 331 g/mol. The second-order valence-electron chi connectivity index (χ2n) is 6.77. The van der Waals surface area contributed by atoms with Crippen LogP contribution in [0.25, 0.3) is 0 Å². The van der Waals surface area contributed by atoms with Crippen LogP contribution < -0.4 is 4.74 Å². The molecular formula is C19H25NO4. The van der Waals surface area contributed by atoms with Crippen molar-refractivity contribution in [3.63, 3.8) is 0 Å². The van der Waals surface area contributed by atoms with Crippen molar-refractivity contribution in [1.29, 1.82) is 0 Å². The molecule has 1 amide bonds. The van der Waals surface area contributed by atoms with Crippen LogP contribution in [0.4, 0.5) is 0 Å². The molecule has 1 aromatic carbocycles. The minimum absolute atomic E-state index is 0.206. The summed E-state index contributed by atoms with van der Waals surface area (Å²) < 4.78 is 11.1. The van der Waals surface area contributed by atoms with E-state index in [1.807, 2.05) is 42.2 Å². The van der Waals surface area contributed by atoms with E-state index < -0.39 is 0 Å². The predicted molar refractivity (Wildman–Crippen MR) is 89.5 cm³/mol. The third-order valence-corrected chi connectivity index (χ3v) is 4.54. The summed E-state index contributed by atoms with van der Waals surface area (Å²) in [5.41, 5.74) is 0. The van der Waals surface area contributed by atoms with Crippen LogP contribution in [0.2, 0.25) is 0 Å². The van der Waals surface area contributed by atoms with Crippen molar-refractivity contribution in [1.82, 2.24) is 4.90 Å². The van der Waals surface area contributed by atoms with Gasteiger partial charge in [-0.05, 0) is 44.7 Å². The number of ether oxygens (including phenoxy) is 2. The highest BCUT2D eigenvalue weighted by atomic mass is 16.6. The lowest BCUT2D eigenvalue weighted by Crippen LogP contribution is -2.44. The van der Waals surface area contributed by atoms with Crippen LogP contribution >= 0.6 is 0 Å². The van der Waals surface area contributed by atoms with E-state index in [1.54, 1.807) is 0 Å². The van der Waals surface area contributed by atoms with Crippen molar-refractivity contribution in [3.05, 3.63) is 30.3 Å². The summed E-state index contributed by atoms with van der Waals surface area (Å²) in [6.07, 6.45) is 3.34. The number of likely N-dealkylation sites (tertiary alicyclic amines) is 1. The standard InChI is InChI=1S/C19H25NO4/c1-14(13-23-17-7-3-2-4-8-17)24-19(22)16-6-5-11-20(12-16)18(21)15-9-10-15/h2-4,7-8,14-16H,5-6,9-13H2,1H3/t14-,16+/m0/s1. The fourth-order valence-corrected chi connectivity index (χ4v) is 3.02. The number of hydrogen-bond donors (Lipinski definition) is 0. The molecule has 0 aromatic heterocycles. The first-order valence-electron chi connectivity index (χ1n) is 8.80. The highest BCUT2D eigenvalue weighted by Gasteiger charge is 2.37. The third-order valence-electron chi connectivity index (χ3n) is 4.54. The van der Waals surface area contributed by atoms with Crippen molar-refractivity contribution in [2.75, 3.05) is 19.7 Å². The molecule has 1 aliphatic carbocycles. The van der Waals surface area contributed by atoms with Crippen molar-refractivity contribution in [2.45, 2.75) is 38.7 Å². The Kier molecular flexibility index (Phi) is 5.38. The molecule has 0 N–H and O–H groups in total. The minimum Gasteiger partial charge on any atom is -0.490 e. The van der Waals surface area contributed by atoms with Crippen LogP contribution in [0.15, 0.2) is 30.3 Å². The maximum absolute atomic E-state index is 12.4. The third kappa shape index (κ3) is 4.49. The van der Waals surface area contributed by atoms with Gasteiger partial charge in [0.1, 0.15) is 18.5 Å². The Morgan fingerprint density at radius 3 is 2.62 bits per heavy atom. The summed E-state index contributed by atoms with van der Waals surface area (Å²) in [5, 5.41) is 0. The Morgan fingerprint density at radius 1 is 1.17 bits per heavy atom. The van der Waals surface area contributed by atoms with Crippen LogP contribution in [0, 0.1) is 11.8 Å². The van der Waals surface area contributed by atoms with E-state index in [0.717, 1.165) is 38.0 Å². The Labute approximate surface area is 142 Å². The number of hydrogen-bond acceptors (Lipinski definition) is 4. The normalized spacial score (nSPS) is 21.9. The average Bonchev–Trinajstić information content (AvgIpc) is 3.45. The number of carbonyl (C=O) groups is 2. The van der Waals surface area contributed by atoms with E-state index >= 15 is 0 Å². The Bertz CT molecular complexity index is 570. The van der Waals surface area contributed by atoms with Gasteiger partial charge in [0.05, 0.1) is 5.92 Å². The molecule has 1 saturated carbocycles.